The van der Waals surface area contributed by atoms with Crippen molar-refractivity contribution in [3.05, 3.63) is 84.3 Å². The summed E-state index contributed by atoms with van der Waals surface area (Å²) in [6, 6.07) is 18.4. The summed E-state index contributed by atoms with van der Waals surface area (Å²) in [6.07, 6.45) is 5.20. The van der Waals surface area contributed by atoms with Gasteiger partial charge >= 0.3 is 10.4 Å². The molecule has 0 saturated carbocycles. The van der Waals surface area contributed by atoms with Crippen LogP contribution in [0.3, 0.4) is 0 Å². The van der Waals surface area contributed by atoms with Crippen molar-refractivity contribution < 1.29 is 16.8 Å². The quantitative estimate of drug-likeness (QED) is 0.765. The van der Waals surface area contributed by atoms with Crippen LogP contribution >= 0.6 is 0 Å². The predicted octanol–water partition coefficient (Wildman–Crippen LogP) is 3.61. The highest BCUT2D eigenvalue weighted by Gasteiger charge is 2.07. The Kier molecular flexibility index (Phi) is 5.17. The van der Waals surface area contributed by atoms with E-state index in [-0.39, 0.29) is 0 Å². The van der Waals surface area contributed by atoms with E-state index in [1.54, 1.807) is 0 Å². The van der Waals surface area contributed by atoms with E-state index in [0.29, 0.717) is 0 Å². The first-order chi connectivity index (χ1) is 10.2. The average Bonchev–Trinajstić information content (AvgIpc) is 2.49. The molecule has 0 heterocycles. The maximum absolute atomic E-state index is 11.5. The van der Waals surface area contributed by atoms with Crippen LogP contribution in [0.4, 0.5) is 0 Å². The molecule has 0 fully saturated rings. The van der Waals surface area contributed by atoms with E-state index < -0.39 is 10.4 Å². The summed E-state index contributed by atoms with van der Waals surface area (Å²) in [7, 11) is -4.10. The molecule has 0 spiro atoms. The van der Waals surface area contributed by atoms with Crippen LogP contribution in [0.1, 0.15) is 11.1 Å². The molecule has 0 saturated heterocycles. The second-order valence-electron chi connectivity index (χ2n) is 4.03. The number of hydrogen-bond acceptors (Lipinski definition) is 4. The smallest absolute Gasteiger partial charge is 0.361 e. The van der Waals surface area contributed by atoms with Gasteiger partial charge in [-0.25, -0.2) is 0 Å². The number of hydrogen-bond donors (Lipinski definition) is 0. The van der Waals surface area contributed by atoms with Crippen molar-refractivity contribution in [2.24, 2.45) is 0 Å². The highest BCUT2D eigenvalue weighted by Crippen LogP contribution is 2.06. The first kappa shape index (κ1) is 14.9. The minimum absolute atomic E-state index is 0.826. The second-order valence-corrected chi connectivity index (χ2v) is 5.23. The highest BCUT2D eigenvalue weighted by molar-refractivity contribution is 7.82. The van der Waals surface area contributed by atoms with Gasteiger partial charge < -0.3 is 8.37 Å². The molecule has 108 valence electrons. The molecular formula is C16H14O4S. The van der Waals surface area contributed by atoms with E-state index in [9.17, 15) is 8.42 Å². The summed E-state index contributed by atoms with van der Waals surface area (Å²) in [6.45, 7) is 0. The van der Waals surface area contributed by atoms with Crippen molar-refractivity contribution in [3.8, 4) is 0 Å². The molecule has 2 aromatic rings. The molecule has 4 nitrogen and oxygen atoms in total. The Balaban J connectivity index is 1.88. The lowest BCUT2D eigenvalue weighted by atomic mass is 10.2. The molecule has 0 aliphatic heterocycles. The van der Waals surface area contributed by atoms with Crippen LogP contribution in [0.2, 0.25) is 0 Å². The molecule has 0 N–H and O–H groups in total. The first-order valence-electron chi connectivity index (χ1n) is 6.20. The average molecular weight is 302 g/mol. The van der Waals surface area contributed by atoms with Crippen molar-refractivity contribution in [2.75, 3.05) is 0 Å². The van der Waals surface area contributed by atoms with Gasteiger partial charge in [-0.05, 0) is 23.3 Å². The number of rotatable bonds is 6. The van der Waals surface area contributed by atoms with Crippen molar-refractivity contribution in [3.63, 3.8) is 0 Å². The maximum atomic E-state index is 11.5. The summed E-state index contributed by atoms with van der Waals surface area (Å²) in [5, 5.41) is 0. The van der Waals surface area contributed by atoms with Gasteiger partial charge in [0.15, 0.2) is 0 Å². The van der Waals surface area contributed by atoms with Crippen LogP contribution in [-0.4, -0.2) is 8.42 Å². The van der Waals surface area contributed by atoms with Crippen LogP contribution in [-0.2, 0) is 18.8 Å². The Morgan fingerprint density at radius 3 is 1.43 bits per heavy atom. The molecule has 0 unspecified atom stereocenters. The largest absolute Gasteiger partial charge is 0.499 e. The number of benzene rings is 2. The van der Waals surface area contributed by atoms with E-state index in [1.165, 1.54) is 12.2 Å². The molecular weight excluding hydrogens is 288 g/mol. The monoisotopic (exact) mass is 302 g/mol. The molecule has 0 radical (unpaired) electrons. The van der Waals surface area contributed by atoms with Crippen molar-refractivity contribution >= 4 is 22.6 Å². The molecule has 2 rings (SSSR count). The fraction of sp³-hybridized carbons (Fsp3) is 0. The molecule has 0 aliphatic carbocycles. The van der Waals surface area contributed by atoms with Gasteiger partial charge in [-0.15, -0.1) is 8.42 Å². The lowest BCUT2D eigenvalue weighted by Crippen LogP contribution is -2.02. The Labute approximate surface area is 124 Å². The highest BCUT2D eigenvalue weighted by atomic mass is 32.3. The SMILES string of the molecule is O=S(=O)(OC=Cc1ccccc1)OC=Cc1ccccc1. The van der Waals surface area contributed by atoms with Gasteiger partial charge in [-0.3, -0.25) is 0 Å². The molecule has 0 bridgehead atoms. The minimum atomic E-state index is -4.10. The topological polar surface area (TPSA) is 52.6 Å². The molecule has 21 heavy (non-hydrogen) atoms. The van der Waals surface area contributed by atoms with Crippen LogP contribution in [0.5, 0.6) is 0 Å². The molecule has 5 heteroatoms. The van der Waals surface area contributed by atoms with Gasteiger partial charge in [-0.2, -0.15) is 0 Å². The zero-order valence-electron chi connectivity index (χ0n) is 11.1. The van der Waals surface area contributed by atoms with Crippen LogP contribution in [0.25, 0.3) is 12.2 Å². The third-order valence-corrected chi connectivity index (χ3v) is 3.16. The minimum Gasteiger partial charge on any atom is -0.361 e. The van der Waals surface area contributed by atoms with Gasteiger partial charge in [0.05, 0.1) is 0 Å². The standard InChI is InChI=1S/C16H14O4S/c17-21(18,19-13-11-15-7-3-1-4-8-15)20-14-12-16-9-5-2-6-10-16/h1-14H. The Hall–Kier alpha value is -2.53. The first-order valence-corrected chi connectivity index (χ1v) is 7.54. The Bertz CT molecular complexity index is 647. The van der Waals surface area contributed by atoms with E-state index >= 15 is 0 Å². The van der Waals surface area contributed by atoms with Crippen LogP contribution < -0.4 is 0 Å². The second kappa shape index (κ2) is 7.31. The molecule has 0 amide bonds. The third kappa shape index (κ3) is 5.54. The van der Waals surface area contributed by atoms with Gasteiger partial charge in [0.25, 0.3) is 0 Å². The van der Waals surface area contributed by atoms with Gasteiger partial charge in [0.2, 0.25) is 0 Å². The van der Waals surface area contributed by atoms with E-state index in [1.807, 2.05) is 60.7 Å². The lowest BCUT2D eigenvalue weighted by Gasteiger charge is -2.00. The van der Waals surface area contributed by atoms with Gasteiger partial charge in [-0.1, -0.05) is 60.7 Å². The van der Waals surface area contributed by atoms with Crippen molar-refractivity contribution in [1.82, 2.24) is 0 Å². The maximum Gasteiger partial charge on any atom is 0.499 e. The Morgan fingerprint density at radius 1 is 0.667 bits per heavy atom. The molecule has 2 aromatic carbocycles. The van der Waals surface area contributed by atoms with E-state index in [2.05, 4.69) is 8.37 Å². The van der Waals surface area contributed by atoms with Crippen molar-refractivity contribution in [2.45, 2.75) is 0 Å². The summed E-state index contributed by atoms with van der Waals surface area (Å²) >= 11 is 0. The van der Waals surface area contributed by atoms with Crippen LogP contribution in [0.15, 0.2) is 73.2 Å². The van der Waals surface area contributed by atoms with Crippen molar-refractivity contribution in [1.29, 1.82) is 0 Å². The fourth-order valence-electron chi connectivity index (χ4n) is 1.50. The predicted molar refractivity (Wildman–Crippen MR) is 82.0 cm³/mol. The van der Waals surface area contributed by atoms with E-state index in [0.717, 1.165) is 23.7 Å². The molecule has 0 atom stereocenters. The fourth-order valence-corrected chi connectivity index (χ4v) is 1.93. The zero-order chi connectivity index (χ0) is 15.0. The van der Waals surface area contributed by atoms with E-state index in [4.69, 9.17) is 0 Å². The molecule has 0 aliphatic rings. The Morgan fingerprint density at radius 2 is 1.05 bits per heavy atom. The summed E-state index contributed by atoms with van der Waals surface area (Å²) in [5.41, 5.74) is 1.65. The molecule has 0 aromatic heterocycles. The zero-order valence-corrected chi connectivity index (χ0v) is 11.9. The summed E-state index contributed by atoms with van der Waals surface area (Å²) < 4.78 is 32.1. The summed E-state index contributed by atoms with van der Waals surface area (Å²) in [5.74, 6) is 0. The van der Waals surface area contributed by atoms with Gasteiger partial charge in [0.1, 0.15) is 12.5 Å². The van der Waals surface area contributed by atoms with Gasteiger partial charge in [0, 0.05) is 0 Å². The third-order valence-electron chi connectivity index (χ3n) is 2.47. The summed E-state index contributed by atoms with van der Waals surface area (Å²) in [4.78, 5) is 0. The lowest BCUT2D eigenvalue weighted by molar-refractivity contribution is 0.338. The van der Waals surface area contributed by atoms with Crippen LogP contribution in [0, 0.1) is 0 Å². The normalized spacial score (nSPS) is 11.8.